The summed E-state index contributed by atoms with van der Waals surface area (Å²) in [5.41, 5.74) is 1.73. The number of carbonyl (C=O) groups is 2. The number of non-ortho nitro benzene ring substituents is 1. The van der Waals surface area contributed by atoms with Crippen LogP contribution in [-0.4, -0.2) is 28.3 Å². The van der Waals surface area contributed by atoms with Crippen LogP contribution in [0.2, 0.25) is 0 Å². The van der Waals surface area contributed by atoms with E-state index in [2.05, 4.69) is 4.98 Å². The van der Waals surface area contributed by atoms with Gasteiger partial charge in [-0.05, 0) is 24.3 Å². The number of aromatic nitrogens is 1. The minimum Gasteiger partial charge on any atom is -0.454 e. The Labute approximate surface area is 169 Å². The van der Waals surface area contributed by atoms with Gasteiger partial charge in [0.25, 0.3) is 5.69 Å². The standard InChI is InChI=1S/C22H14N2O6/c25-19(14-6-5-7-15(12-14)24(27)28)13-29-22(26)17-9-2-1-8-16(17)21-23-18-10-3-4-11-20(18)30-21/h1-12H,13H2. The van der Waals surface area contributed by atoms with E-state index in [9.17, 15) is 19.7 Å². The van der Waals surface area contributed by atoms with E-state index in [0.717, 1.165) is 6.07 Å². The van der Waals surface area contributed by atoms with Gasteiger partial charge in [-0.25, -0.2) is 9.78 Å². The smallest absolute Gasteiger partial charge is 0.339 e. The molecule has 3 aromatic carbocycles. The monoisotopic (exact) mass is 402 g/mol. The van der Waals surface area contributed by atoms with Crippen LogP contribution in [0.5, 0.6) is 0 Å². The van der Waals surface area contributed by atoms with Gasteiger partial charge in [0.15, 0.2) is 12.2 Å². The third kappa shape index (κ3) is 3.79. The van der Waals surface area contributed by atoms with Gasteiger partial charge in [0.05, 0.1) is 16.1 Å². The molecule has 8 heteroatoms. The predicted molar refractivity (Wildman–Crippen MR) is 107 cm³/mol. The summed E-state index contributed by atoms with van der Waals surface area (Å²) in [4.78, 5) is 39.6. The Morgan fingerprint density at radius 2 is 1.77 bits per heavy atom. The van der Waals surface area contributed by atoms with Gasteiger partial charge < -0.3 is 9.15 Å². The van der Waals surface area contributed by atoms with E-state index in [1.165, 1.54) is 18.2 Å². The lowest BCUT2D eigenvalue weighted by molar-refractivity contribution is -0.384. The lowest BCUT2D eigenvalue weighted by Gasteiger charge is -2.07. The molecule has 0 fully saturated rings. The second-order valence-electron chi connectivity index (χ2n) is 6.34. The molecular weight excluding hydrogens is 388 g/mol. The van der Waals surface area contributed by atoms with E-state index >= 15 is 0 Å². The number of nitro benzene ring substituents is 1. The van der Waals surface area contributed by atoms with Gasteiger partial charge >= 0.3 is 5.97 Å². The average Bonchev–Trinajstić information content (AvgIpc) is 3.21. The van der Waals surface area contributed by atoms with Gasteiger partial charge in [-0.2, -0.15) is 0 Å². The highest BCUT2D eigenvalue weighted by Crippen LogP contribution is 2.27. The Morgan fingerprint density at radius 3 is 2.57 bits per heavy atom. The number of carbonyl (C=O) groups excluding carboxylic acids is 2. The van der Waals surface area contributed by atoms with Gasteiger partial charge in [0.2, 0.25) is 11.7 Å². The Balaban J connectivity index is 1.54. The van der Waals surface area contributed by atoms with Gasteiger partial charge in [0, 0.05) is 17.7 Å². The largest absolute Gasteiger partial charge is 0.454 e. The van der Waals surface area contributed by atoms with E-state index in [1.54, 1.807) is 36.4 Å². The maximum Gasteiger partial charge on any atom is 0.339 e. The summed E-state index contributed by atoms with van der Waals surface area (Å²) in [6.45, 7) is -0.554. The van der Waals surface area contributed by atoms with Crippen LogP contribution in [0.25, 0.3) is 22.6 Å². The molecule has 4 aromatic rings. The summed E-state index contributed by atoms with van der Waals surface area (Å²) >= 11 is 0. The highest BCUT2D eigenvalue weighted by molar-refractivity contribution is 6.01. The van der Waals surface area contributed by atoms with Crippen molar-refractivity contribution >= 4 is 28.5 Å². The van der Waals surface area contributed by atoms with Crippen LogP contribution in [0.4, 0.5) is 5.69 Å². The first-order valence-electron chi connectivity index (χ1n) is 8.92. The molecule has 0 aliphatic carbocycles. The quantitative estimate of drug-likeness (QED) is 0.203. The Morgan fingerprint density at radius 1 is 1.00 bits per heavy atom. The van der Waals surface area contributed by atoms with Gasteiger partial charge in [0.1, 0.15) is 5.52 Å². The summed E-state index contributed by atoms with van der Waals surface area (Å²) in [6.07, 6.45) is 0. The van der Waals surface area contributed by atoms with Crippen LogP contribution in [0.3, 0.4) is 0 Å². The molecule has 1 aromatic heterocycles. The first-order chi connectivity index (χ1) is 14.5. The number of nitrogens with zero attached hydrogens (tertiary/aromatic N) is 2. The molecule has 0 atom stereocenters. The number of oxazole rings is 1. The molecule has 0 unspecified atom stereocenters. The highest BCUT2D eigenvalue weighted by atomic mass is 16.6. The van der Waals surface area contributed by atoms with Crippen molar-refractivity contribution in [2.24, 2.45) is 0 Å². The van der Waals surface area contributed by atoms with Crippen molar-refractivity contribution < 1.29 is 23.7 Å². The topological polar surface area (TPSA) is 113 Å². The number of nitro groups is 1. The van der Waals surface area contributed by atoms with Crippen LogP contribution in [-0.2, 0) is 4.74 Å². The van der Waals surface area contributed by atoms with E-state index in [-0.39, 0.29) is 22.7 Å². The molecule has 0 aliphatic rings. The van der Waals surface area contributed by atoms with Crippen LogP contribution in [0.1, 0.15) is 20.7 Å². The summed E-state index contributed by atoms with van der Waals surface area (Å²) in [5.74, 6) is -1.02. The molecule has 30 heavy (non-hydrogen) atoms. The Hall–Kier alpha value is -4.33. The minimum atomic E-state index is -0.730. The number of hydrogen-bond donors (Lipinski definition) is 0. The van der Waals surface area contributed by atoms with Crippen LogP contribution in [0, 0.1) is 10.1 Å². The number of Topliss-reactive ketones (excluding diaryl/α,β-unsaturated/α-hetero) is 1. The molecule has 0 spiro atoms. The number of hydrogen-bond acceptors (Lipinski definition) is 7. The van der Waals surface area contributed by atoms with Crippen molar-refractivity contribution in [2.45, 2.75) is 0 Å². The normalized spacial score (nSPS) is 10.7. The maximum atomic E-state index is 12.6. The molecule has 0 amide bonds. The van der Waals surface area contributed by atoms with Crippen molar-refractivity contribution in [2.75, 3.05) is 6.61 Å². The molecule has 0 saturated carbocycles. The molecule has 0 radical (unpaired) electrons. The lowest BCUT2D eigenvalue weighted by Crippen LogP contribution is -2.15. The summed E-state index contributed by atoms with van der Waals surface area (Å²) in [7, 11) is 0. The third-order valence-electron chi connectivity index (χ3n) is 4.38. The second-order valence-corrected chi connectivity index (χ2v) is 6.34. The fourth-order valence-electron chi connectivity index (χ4n) is 2.92. The first-order valence-corrected chi connectivity index (χ1v) is 8.92. The van der Waals surface area contributed by atoms with Gasteiger partial charge in [-0.3, -0.25) is 14.9 Å². The van der Waals surface area contributed by atoms with Crippen molar-refractivity contribution in [1.82, 2.24) is 4.98 Å². The molecule has 0 aliphatic heterocycles. The number of rotatable bonds is 6. The van der Waals surface area contributed by atoms with Crippen LogP contribution >= 0.6 is 0 Å². The molecule has 0 N–H and O–H groups in total. The average molecular weight is 402 g/mol. The number of ether oxygens (including phenoxy) is 1. The molecule has 4 rings (SSSR count). The third-order valence-corrected chi connectivity index (χ3v) is 4.38. The lowest BCUT2D eigenvalue weighted by atomic mass is 10.1. The van der Waals surface area contributed by atoms with Crippen molar-refractivity contribution in [3.63, 3.8) is 0 Å². The summed E-state index contributed by atoms with van der Waals surface area (Å²) < 4.78 is 10.9. The SMILES string of the molecule is O=C(COC(=O)c1ccccc1-c1nc2ccccc2o1)c1cccc([N+](=O)[O-])c1. The van der Waals surface area contributed by atoms with Gasteiger partial charge in [-0.1, -0.05) is 36.4 Å². The fraction of sp³-hybridized carbons (Fsp3) is 0.0455. The number of benzene rings is 3. The molecule has 0 bridgehead atoms. The number of ketones is 1. The van der Waals surface area contributed by atoms with Crippen molar-refractivity contribution in [3.05, 3.63) is 94.0 Å². The molecule has 0 saturated heterocycles. The zero-order chi connectivity index (χ0) is 21.1. The van der Waals surface area contributed by atoms with E-state index in [0.29, 0.717) is 16.7 Å². The zero-order valence-electron chi connectivity index (χ0n) is 15.5. The fourth-order valence-corrected chi connectivity index (χ4v) is 2.92. The first kappa shape index (κ1) is 19.0. The number of esters is 1. The number of fused-ring (bicyclic) bond motifs is 1. The molecule has 1 heterocycles. The van der Waals surface area contributed by atoms with E-state index in [1.807, 2.05) is 12.1 Å². The summed E-state index contributed by atoms with van der Waals surface area (Å²) in [6, 6.07) is 19.1. The molecular formula is C22H14N2O6. The zero-order valence-corrected chi connectivity index (χ0v) is 15.5. The van der Waals surface area contributed by atoms with Crippen LogP contribution < -0.4 is 0 Å². The summed E-state index contributed by atoms with van der Waals surface area (Å²) in [5, 5.41) is 10.9. The second kappa shape index (κ2) is 7.96. The van der Waals surface area contributed by atoms with Crippen molar-refractivity contribution in [3.8, 4) is 11.5 Å². The van der Waals surface area contributed by atoms with E-state index < -0.39 is 23.3 Å². The Kier molecular flexibility index (Phi) is 5.04. The minimum absolute atomic E-state index is 0.0873. The highest BCUT2D eigenvalue weighted by Gasteiger charge is 2.20. The predicted octanol–water partition coefficient (Wildman–Crippen LogP) is 4.44. The van der Waals surface area contributed by atoms with Gasteiger partial charge in [-0.15, -0.1) is 0 Å². The molecule has 8 nitrogen and oxygen atoms in total. The van der Waals surface area contributed by atoms with Crippen LogP contribution in [0.15, 0.2) is 77.2 Å². The molecule has 148 valence electrons. The maximum absolute atomic E-state index is 12.6. The number of para-hydroxylation sites is 2. The van der Waals surface area contributed by atoms with Crippen molar-refractivity contribution in [1.29, 1.82) is 0 Å². The Bertz CT molecular complexity index is 1240. The van der Waals surface area contributed by atoms with E-state index in [4.69, 9.17) is 9.15 Å².